The molecule has 0 bridgehead atoms. The predicted octanol–water partition coefficient (Wildman–Crippen LogP) is 1.07. The molecule has 3 heterocycles. The van der Waals surface area contributed by atoms with Crippen LogP contribution in [0.1, 0.15) is 6.92 Å². The van der Waals surface area contributed by atoms with E-state index >= 15 is 0 Å². The Morgan fingerprint density at radius 2 is 1.44 bits per heavy atom. The smallest absolute Gasteiger partial charge is 0.345 e. The fraction of sp³-hybridized carbons (Fsp3) is 1.00. The van der Waals surface area contributed by atoms with Crippen molar-refractivity contribution in [2.45, 2.75) is 57.0 Å². The Labute approximate surface area is 246 Å². The maximum Gasteiger partial charge on any atom is 0.345 e. The zero-order valence-corrected chi connectivity index (χ0v) is 27.4. The van der Waals surface area contributed by atoms with E-state index in [0.29, 0.717) is 40.0 Å². The number of morpholine rings is 3. The van der Waals surface area contributed by atoms with Crippen molar-refractivity contribution < 1.29 is 32.4 Å². The summed E-state index contributed by atoms with van der Waals surface area (Å²) in [6.07, 6.45) is -1.27. The van der Waals surface area contributed by atoms with Crippen LogP contribution < -0.4 is 5.32 Å². The van der Waals surface area contributed by atoms with Gasteiger partial charge in [-0.25, -0.2) is 18.7 Å². The summed E-state index contributed by atoms with van der Waals surface area (Å²) in [6, 6.07) is -0.0802. The fourth-order valence-corrected chi connectivity index (χ4v) is 9.38. The molecule has 0 spiro atoms. The van der Waals surface area contributed by atoms with Crippen molar-refractivity contribution in [1.29, 1.82) is 0 Å². The van der Waals surface area contributed by atoms with Crippen LogP contribution in [0.2, 0.25) is 13.6 Å². The standard InChI is InChI=1S/C22H48B2N8O7P2/c1-17-11-31(12-18(37-17)9-27-28-25)40(33,29(4)5)36-16-20-13-32(14-22(24-3)39-20)41(34,30(6)7)35-15-19-8-26-10-21(23-2)38-19/h17-24,26H,8-16H2,1-7H3. The van der Waals surface area contributed by atoms with E-state index in [4.69, 9.17) is 28.8 Å². The quantitative estimate of drug-likeness (QED) is 0.0972. The molecule has 0 radical (unpaired) electrons. The lowest BCUT2D eigenvalue weighted by molar-refractivity contribution is -0.0667. The first-order valence-electron chi connectivity index (χ1n) is 14.5. The van der Waals surface area contributed by atoms with Gasteiger partial charge in [0, 0.05) is 56.2 Å². The number of ether oxygens (including phenoxy) is 3. The van der Waals surface area contributed by atoms with Crippen LogP contribution >= 0.6 is 15.3 Å². The molecular weight excluding hydrogens is 572 g/mol. The Morgan fingerprint density at radius 3 is 2.02 bits per heavy atom. The second-order valence-corrected chi connectivity index (χ2v) is 16.4. The molecule has 3 aliphatic rings. The van der Waals surface area contributed by atoms with Crippen molar-refractivity contribution in [3.8, 4) is 0 Å². The Bertz CT molecular complexity index is 982. The van der Waals surface area contributed by atoms with E-state index in [2.05, 4.69) is 22.2 Å². The lowest BCUT2D eigenvalue weighted by atomic mass is 9.74. The molecule has 3 fully saturated rings. The molecule has 8 atom stereocenters. The molecule has 0 aliphatic carbocycles. The first-order chi connectivity index (χ1) is 19.4. The highest BCUT2D eigenvalue weighted by Gasteiger charge is 2.44. The Hall–Kier alpha value is -0.500. The molecule has 0 aromatic rings. The van der Waals surface area contributed by atoms with Crippen LogP contribution in [0, 0.1) is 0 Å². The SMILES string of the molecule is CBC1CNCC(COP(=O)(N(C)C)N2CC(BC)OC(COP(=O)(N(C)C)N3CC(C)OC(CN=[N+]=[N-])C3)C2)O1. The van der Waals surface area contributed by atoms with Crippen molar-refractivity contribution in [2.24, 2.45) is 5.11 Å². The van der Waals surface area contributed by atoms with E-state index in [9.17, 15) is 9.13 Å². The molecule has 41 heavy (non-hydrogen) atoms. The molecule has 234 valence electrons. The van der Waals surface area contributed by atoms with Crippen molar-refractivity contribution in [3.05, 3.63) is 10.4 Å². The predicted molar refractivity (Wildman–Crippen MR) is 162 cm³/mol. The molecule has 1 N–H and O–H groups in total. The highest BCUT2D eigenvalue weighted by molar-refractivity contribution is 7.54. The van der Waals surface area contributed by atoms with Crippen LogP contribution in [-0.4, -0.2) is 157 Å². The van der Waals surface area contributed by atoms with Crippen LogP contribution in [-0.2, 0) is 32.4 Å². The highest BCUT2D eigenvalue weighted by atomic mass is 31.2. The molecule has 0 aromatic carbocycles. The normalized spacial score (nSPS) is 33.1. The summed E-state index contributed by atoms with van der Waals surface area (Å²) >= 11 is 0. The number of hydrogen-bond acceptors (Lipinski definition) is 9. The fourth-order valence-electron chi connectivity index (χ4n) is 5.26. The number of azide groups is 1. The second-order valence-electron chi connectivity index (χ2n) is 11.2. The molecule has 8 unspecified atom stereocenters. The highest BCUT2D eigenvalue weighted by Crippen LogP contribution is 2.55. The van der Waals surface area contributed by atoms with Gasteiger partial charge in [0.25, 0.3) is 0 Å². The zero-order valence-electron chi connectivity index (χ0n) is 25.6. The van der Waals surface area contributed by atoms with Gasteiger partial charge in [-0.15, -0.1) is 0 Å². The number of rotatable bonds is 14. The van der Waals surface area contributed by atoms with E-state index in [-0.39, 0.29) is 44.0 Å². The van der Waals surface area contributed by atoms with Gasteiger partial charge in [-0.05, 0) is 40.6 Å². The average molecular weight is 620 g/mol. The topological polar surface area (TPSA) is 154 Å². The van der Waals surface area contributed by atoms with E-state index in [1.54, 1.807) is 42.2 Å². The third-order valence-corrected chi connectivity index (χ3v) is 12.6. The summed E-state index contributed by atoms with van der Waals surface area (Å²) in [4.78, 5) is 2.82. The first kappa shape index (κ1) is 35.0. The van der Waals surface area contributed by atoms with Crippen LogP contribution in [0.25, 0.3) is 10.4 Å². The van der Waals surface area contributed by atoms with Crippen molar-refractivity contribution in [2.75, 3.05) is 87.2 Å². The van der Waals surface area contributed by atoms with Crippen LogP contribution in [0.5, 0.6) is 0 Å². The van der Waals surface area contributed by atoms with Crippen LogP contribution in [0.15, 0.2) is 5.11 Å². The van der Waals surface area contributed by atoms with Gasteiger partial charge >= 0.3 is 15.3 Å². The van der Waals surface area contributed by atoms with E-state index in [0.717, 1.165) is 13.8 Å². The van der Waals surface area contributed by atoms with Gasteiger partial charge in [0.2, 0.25) is 0 Å². The molecule has 3 aliphatic heterocycles. The van der Waals surface area contributed by atoms with Crippen LogP contribution in [0.3, 0.4) is 0 Å². The van der Waals surface area contributed by atoms with Gasteiger partial charge in [0.05, 0.1) is 44.2 Å². The van der Waals surface area contributed by atoms with E-state index in [1.165, 1.54) is 0 Å². The Kier molecular flexibility index (Phi) is 13.6. The Balaban J connectivity index is 1.70. The maximum atomic E-state index is 14.3. The summed E-state index contributed by atoms with van der Waals surface area (Å²) in [5.41, 5.74) is 8.72. The molecule has 15 nitrogen and oxygen atoms in total. The summed E-state index contributed by atoms with van der Waals surface area (Å²) in [5.74, 6) is 0. The summed E-state index contributed by atoms with van der Waals surface area (Å²) in [5, 5.41) is 7.00. The maximum absolute atomic E-state index is 14.3. The van der Waals surface area contributed by atoms with Crippen LogP contribution in [0.4, 0.5) is 0 Å². The summed E-state index contributed by atoms with van der Waals surface area (Å²) < 4.78 is 66.0. The number of nitrogens with one attached hydrogen (secondary N) is 1. The van der Waals surface area contributed by atoms with Crippen molar-refractivity contribution >= 4 is 29.9 Å². The van der Waals surface area contributed by atoms with Gasteiger partial charge in [-0.3, -0.25) is 9.13 Å². The third-order valence-electron chi connectivity index (χ3n) is 7.49. The molecular formula is C22H48B2N8O7P2. The lowest BCUT2D eigenvalue weighted by Crippen LogP contribution is -2.52. The van der Waals surface area contributed by atoms with Crippen molar-refractivity contribution in [3.63, 3.8) is 0 Å². The minimum absolute atomic E-state index is 0.0382. The largest absolute Gasteiger partial charge is 0.379 e. The molecule has 0 aromatic heterocycles. The van der Waals surface area contributed by atoms with Gasteiger partial charge in [0.1, 0.15) is 0 Å². The lowest BCUT2D eigenvalue weighted by Gasteiger charge is -2.44. The Morgan fingerprint density at radius 1 is 0.878 bits per heavy atom. The zero-order chi connectivity index (χ0) is 30.2. The van der Waals surface area contributed by atoms with E-state index in [1.807, 2.05) is 18.4 Å². The van der Waals surface area contributed by atoms with E-state index < -0.39 is 27.5 Å². The van der Waals surface area contributed by atoms with Gasteiger partial charge in [0.15, 0.2) is 14.6 Å². The molecule has 0 saturated carbocycles. The average Bonchev–Trinajstić information content (AvgIpc) is 2.96. The summed E-state index contributed by atoms with van der Waals surface area (Å²) in [6.45, 7) is 9.25. The number of hydrogen-bond donors (Lipinski definition) is 1. The van der Waals surface area contributed by atoms with Gasteiger partial charge in [-0.1, -0.05) is 18.8 Å². The monoisotopic (exact) mass is 620 g/mol. The molecule has 3 saturated heterocycles. The second kappa shape index (κ2) is 16.0. The summed E-state index contributed by atoms with van der Waals surface area (Å²) in [7, 11) is 1.66. The molecule has 0 amide bonds. The minimum atomic E-state index is -3.47. The first-order valence-corrected chi connectivity index (χ1v) is 17.5. The third kappa shape index (κ3) is 9.25. The van der Waals surface area contributed by atoms with Gasteiger partial charge in [-0.2, -0.15) is 0 Å². The van der Waals surface area contributed by atoms with Crippen molar-refractivity contribution in [1.82, 2.24) is 24.0 Å². The number of nitrogens with zero attached hydrogens (tertiary/aromatic N) is 7. The van der Waals surface area contributed by atoms with Gasteiger partial charge < -0.3 is 28.6 Å². The molecule has 3 rings (SSSR count). The molecule has 19 heteroatoms. The minimum Gasteiger partial charge on any atom is -0.379 e.